The first-order valence-corrected chi connectivity index (χ1v) is 10.4. The average Bonchev–Trinajstić information content (AvgIpc) is 2.92. The van der Waals surface area contributed by atoms with E-state index in [9.17, 15) is 18.3 Å². The van der Waals surface area contributed by atoms with E-state index in [-0.39, 0.29) is 0 Å². The Morgan fingerprint density at radius 2 is 1.79 bits per heavy atom. The summed E-state index contributed by atoms with van der Waals surface area (Å²) in [5, 5.41) is 11.7. The SMILES string of the molecule is Cc1nc(Cl)c(Cl)n1CCCCN1CCC(O)(c2cccc(C(F)(F)F)c2)CC1. The lowest BCUT2D eigenvalue weighted by Gasteiger charge is -2.38. The molecule has 0 aliphatic carbocycles. The topological polar surface area (TPSA) is 41.3 Å². The van der Waals surface area contributed by atoms with Gasteiger partial charge in [-0.25, -0.2) is 4.98 Å². The predicted molar refractivity (Wildman–Crippen MR) is 107 cm³/mol. The van der Waals surface area contributed by atoms with Crippen molar-refractivity contribution in [3.8, 4) is 0 Å². The predicted octanol–water partition coefficient (Wildman–Crippen LogP) is 5.28. The van der Waals surface area contributed by atoms with Crippen LogP contribution in [0.2, 0.25) is 10.3 Å². The number of piperidine rings is 1. The van der Waals surface area contributed by atoms with Crippen molar-refractivity contribution in [2.45, 2.75) is 50.9 Å². The normalized spacial score (nSPS) is 17.6. The minimum atomic E-state index is -4.41. The number of halogens is 5. The summed E-state index contributed by atoms with van der Waals surface area (Å²) in [5.41, 5.74) is -1.59. The van der Waals surface area contributed by atoms with Gasteiger partial charge in [-0.15, -0.1) is 0 Å². The molecule has 0 radical (unpaired) electrons. The van der Waals surface area contributed by atoms with Crippen LogP contribution in [-0.2, 0) is 18.3 Å². The molecule has 0 atom stereocenters. The summed E-state index contributed by atoms with van der Waals surface area (Å²) in [6, 6.07) is 5.03. The van der Waals surface area contributed by atoms with Crippen molar-refractivity contribution in [3.05, 3.63) is 51.5 Å². The number of imidazole rings is 1. The highest BCUT2D eigenvalue weighted by Crippen LogP contribution is 2.36. The van der Waals surface area contributed by atoms with Gasteiger partial charge in [0.2, 0.25) is 0 Å². The summed E-state index contributed by atoms with van der Waals surface area (Å²) in [5.74, 6) is 0.782. The van der Waals surface area contributed by atoms with Crippen LogP contribution in [0.15, 0.2) is 24.3 Å². The molecule has 3 rings (SSSR count). The molecule has 1 saturated heterocycles. The number of unbranched alkanes of at least 4 members (excludes halogenated alkanes) is 1. The molecule has 1 N–H and O–H groups in total. The lowest BCUT2D eigenvalue weighted by molar-refractivity contribution is -0.137. The first-order valence-electron chi connectivity index (χ1n) is 9.61. The van der Waals surface area contributed by atoms with Crippen LogP contribution in [0.25, 0.3) is 0 Å². The third kappa shape index (κ3) is 5.26. The molecule has 9 heteroatoms. The molecule has 1 aromatic heterocycles. The minimum absolute atomic E-state index is 0.314. The number of hydrogen-bond acceptors (Lipinski definition) is 3. The van der Waals surface area contributed by atoms with Gasteiger partial charge in [0, 0.05) is 19.6 Å². The molecule has 0 spiro atoms. The number of aromatic nitrogens is 2. The van der Waals surface area contributed by atoms with E-state index < -0.39 is 17.3 Å². The number of alkyl halides is 3. The fraction of sp³-hybridized carbons (Fsp3) is 0.550. The largest absolute Gasteiger partial charge is 0.416 e. The number of aryl methyl sites for hydroxylation is 1. The van der Waals surface area contributed by atoms with Crippen LogP contribution in [0.1, 0.15) is 42.6 Å². The maximum absolute atomic E-state index is 13.0. The zero-order valence-corrected chi connectivity index (χ0v) is 17.7. The van der Waals surface area contributed by atoms with Gasteiger partial charge in [0.15, 0.2) is 5.15 Å². The number of rotatable bonds is 6. The van der Waals surface area contributed by atoms with Gasteiger partial charge in [-0.05, 0) is 56.8 Å². The van der Waals surface area contributed by atoms with Gasteiger partial charge < -0.3 is 14.6 Å². The monoisotopic (exact) mass is 449 g/mol. The van der Waals surface area contributed by atoms with Crippen LogP contribution < -0.4 is 0 Å². The maximum Gasteiger partial charge on any atom is 0.416 e. The second-order valence-electron chi connectivity index (χ2n) is 7.55. The Morgan fingerprint density at radius 3 is 2.38 bits per heavy atom. The van der Waals surface area contributed by atoms with Gasteiger partial charge in [-0.3, -0.25) is 0 Å². The molecular weight excluding hydrogens is 426 g/mol. The lowest BCUT2D eigenvalue weighted by Crippen LogP contribution is -2.43. The zero-order chi connectivity index (χ0) is 21.2. The molecule has 0 bridgehead atoms. The lowest BCUT2D eigenvalue weighted by atomic mass is 9.83. The van der Waals surface area contributed by atoms with Crippen molar-refractivity contribution in [2.24, 2.45) is 0 Å². The number of likely N-dealkylation sites (tertiary alicyclic amines) is 1. The highest BCUT2D eigenvalue weighted by Gasteiger charge is 2.36. The van der Waals surface area contributed by atoms with E-state index in [0.29, 0.717) is 41.8 Å². The number of benzene rings is 1. The average molecular weight is 450 g/mol. The van der Waals surface area contributed by atoms with E-state index in [1.807, 2.05) is 11.5 Å². The molecule has 0 unspecified atom stereocenters. The molecular formula is C20H24Cl2F3N3O. The van der Waals surface area contributed by atoms with E-state index in [1.165, 1.54) is 6.07 Å². The number of hydrogen-bond donors (Lipinski definition) is 1. The van der Waals surface area contributed by atoms with Gasteiger partial charge in [0.1, 0.15) is 11.0 Å². The Balaban J connectivity index is 1.49. The van der Waals surface area contributed by atoms with Gasteiger partial charge in [0.25, 0.3) is 0 Å². The highest BCUT2D eigenvalue weighted by molar-refractivity contribution is 6.40. The first-order chi connectivity index (χ1) is 13.6. The van der Waals surface area contributed by atoms with Gasteiger partial charge in [0.05, 0.1) is 11.2 Å². The molecule has 29 heavy (non-hydrogen) atoms. The Hall–Kier alpha value is -1.28. The summed E-state index contributed by atoms with van der Waals surface area (Å²) in [6.07, 6.45) is -1.74. The molecule has 0 amide bonds. The third-order valence-electron chi connectivity index (χ3n) is 5.57. The second kappa shape index (κ2) is 8.84. The summed E-state index contributed by atoms with van der Waals surface area (Å²) >= 11 is 12.1. The van der Waals surface area contributed by atoms with Crippen LogP contribution >= 0.6 is 23.2 Å². The maximum atomic E-state index is 13.0. The third-order valence-corrected chi connectivity index (χ3v) is 6.32. The van der Waals surface area contributed by atoms with Crippen LogP contribution in [0.3, 0.4) is 0 Å². The van der Waals surface area contributed by atoms with Crippen molar-refractivity contribution in [1.29, 1.82) is 0 Å². The number of aliphatic hydroxyl groups is 1. The molecule has 1 aliphatic heterocycles. The Kier molecular flexibility index (Phi) is 6.83. The number of nitrogens with zero attached hydrogens (tertiary/aromatic N) is 3. The Bertz CT molecular complexity index is 846. The van der Waals surface area contributed by atoms with Gasteiger partial charge in [-0.2, -0.15) is 13.2 Å². The smallest absolute Gasteiger partial charge is 0.385 e. The summed E-state index contributed by atoms with van der Waals surface area (Å²) in [7, 11) is 0. The van der Waals surface area contributed by atoms with Crippen molar-refractivity contribution >= 4 is 23.2 Å². The van der Waals surface area contributed by atoms with E-state index in [4.69, 9.17) is 23.2 Å². The standard InChI is InChI=1S/C20H24Cl2F3N3O/c1-14-26-17(21)18(22)28(14)10-3-2-9-27-11-7-19(29,8-12-27)15-5-4-6-16(13-15)20(23,24)25/h4-6,13,29H,2-3,7-12H2,1H3. The molecule has 4 nitrogen and oxygen atoms in total. The van der Waals surface area contributed by atoms with E-state index in [1.54, 1.807) is 6.07 Å². The highest BCUT2D eigenvalue weighted by atomic mass is 35.5. The van der Waals surface area contributed by atoms with Crippen LogP contribution in [0.4, 0.5) is 13.2 Å². The van der Waals surface area contributed by atoms with E-state index in [0.717, 1.165) is 43.9 Å². The Labute approximate surface area is 178 Å². The molecule has 160 valence electrons. The molecule has 1 fully saturated rings. The summed E-state index contributed by atoms with van der Waals surface area (Å²) in [4.78, 5) is 6.37. The van der Waals surface area contributed by atoms with Gasteiger partial charge >= 0.3 is 6.18 Å². The fourth-order valence-corrected chi connectivity index (χ4v) is 4.26. The second-order valence-corrected chi connectivity index (χ2v) is 8.27. The molecule has 1 aliphatic rings. The fourth-order valence-electron chi connectivity index (χ4n) is 3.79. The van der Waals surface area contributed by atoms with Crippen molar-refractivity contribution in [3.63, 3.8) is 0 Å². The molecule has 2 heterocycles. The summed E-state index contributed by atoms with van der Waals surface area (Å²) in [6.45, 7) is 4.73. The van der Waals surface area contributed by atoms with Crippen LogP contribution in [0.5, 0.6) is 0 Å². The first kappa shape index (κ1) is 22.4. The minimum Gasteiger partial charge on any atom is -0.385 e. The zero-order valence-electron chi connectivity index (χ0n) is 16.1. The van der Waals surface area contributed by atoms with Crippen LogP contribution in [-0.4, -0.2) is 39.2 Å². The van der Waals surface area contributed by atoms with Gasteiger partial charge in [-0.1, -0.05) is 35.3 Å². The quantitative estimate of drug-likeness (QED) is 0.609. The van der Waals surface area contributed by atoms with Crippen molar-refractivity contribution in [2.75, 3.05) is 19.6 Å². The molecule has 0 saturated carbocycles. The Morgan fingerprint density at radius 1 is 1.14 bits per heavy atom. The van der Waals surface area contributed by atoms with Crippen LogP contribution in [0, 0.1) is 6.92 Å². The molecule has 1 aromatic carbocycles. The van der Waals surface area contributed by atoms with E-state index >= 15 is 0 Å². The summed E-state index contributed by atoms with van der Waals surface area (Å²) < 4.78 is 40.8. The van der Waals surface area contributed by atoms with Crippen molar-refractivity contribution in [1.82, 2.24) is 14.5 Å². The van der Waals surface area contributed by atoms with Crippen molar-refractivity contribution < 1.29 is 18.3 Å². The molecule has 2 aromatic rings. The van der Waals surface area contributed by atoms with E-state index in [2.05, 4.69) is 9.88 Å².